The van der Waals surface area contributed by atoms with Crippen LogP contribution in [0, 0.1) is 0 Å². The van der Waals surface area contributed by atoms with Crippen LogP contribution in [0.4, 0.5) is 18.9 Å². The Bertz CT molecular complexity index is 580. The van der Waals surface area contributed by atoms with Crippen LogP contribution in [0.25, 0.3) is 5.65 Å². The van der Waals surface area contributed by atoms with Gasteiger partial charge in [0.2, 0.25) is 0 Å². The van der Waals surface area contributed by atoms with Gasteiger partial charge in [0.1, 0.15) is 6.33 Å². The molecule has 0 fully saturated rings. The molecule has 0 aromatic carbocycles. The number of fused-ring (bicyclic) bond motifs is 1. The monoisotopic (exact) mass is 308 g/mol. The molecule has 1 amide bonds. The molecule has 0 aliphatic carbocycles. The fraction of sp³-hybridized carbons (Fsp3) is 0.125. The topological polar surface area (TPSA) is 59.3 Å². The van der Waals surface area contributed by atoms with Gasteiger partial charge in [-0.2, -0.15) is 13.2 Å². The van der Waals surface area contributed by atoms with E-state index in [2.05, 4.69) is 26.1 Å². The standard InChI is InChI=1S/C8H4BrF3N4O/c9-4-1-5(14-7(17)8(10,11)12)6-15-13-3-16(6)2-4/h1-3H,(H,14,17). The van der Waals surface area contributed by atoms with E-state index in [-0.39, 0.29) is 11.3 Å². The van der Waals surface area contributed by atoms with E-state index in [0.29, 0.717) is 4.47 Å². The molecule has 2 rings (SSSR count). The fourth-order valence-electron chi connectivity index (χ4n) is 1.19. The lowest BCUT2D eigenvalue weighted by molar-refractivity contribution is -0.167. The number of nitrogens with one attached hydrogen (secondary N) is 1. The number of carbonyl (C=O) groups excluding carboxylic acids is 1. The molecule has 0 aliphatic heterocycles. The molecule has 0 aliphatic rings. The molecule has 2 aromatic rings. The third-order valence-electron chi connectivity index (χ3n) is 1.86. The van der Waals surface area contributed by atoms with E-state index in [9.17, 15) is 18.0 Å². The summed E-state index contributed by atoms with van der Waals surface area (Å²) in [4.78, 5) is 10.8. The van der Waals surface area contributed by atoms with Crippen molar-refractivity contribution in [2.45, 2.75) is 6.18 Å². The molecule has 0 unspecified atom stereocenters. The highest BCUT2D eigenvalue weighted by Gasteiger charge is 2.39. The molecule has 0 radical (unpaired) electrons. The zero-order valence-corrected chi connectivity index (χ0v) is 9.58. The molecular weight excluding hydrogens is 305 g/mol. The second-order valence-electron chi connectivity index (χ2n) is 3.09. The van der Waals surface area contributed by atoms with E-state index in [0.717, 1.165) is 0 Å². The van der Waals surface area contributed by atoms with Crippen molar-refractivity contribution in [1.82, 2.24) is 14.6 Å². The molecule has 1 N–H and O–H groups in total. The quantitative estimate of drug-likeness (QED) is 0.876. The van der Waals surface area contributed by atoms with Gasteiger partial charge < -0.3 is 5.32 Å². The molecule has 5 nitrogen and oxygen atoms in total. The van der Waals surface area contributed by atoms with Gasteiger partial charge in [-0.25, -0.2) is 0 Å². The summed E-state index contributed by atoms with van der Waals surface area (Å²) in [7, 11) is 0. The number of hydrogen-bond donors (Lipinski definition) is 1. The van der Waals surface area contributed by atoms with Gasteiger partial charge in [0.15, 0.2) is 5.65 Å². The van der Waals surface area contributed by atoms with E-state index >= 15 is 0 Å². The highest BCUT2D eigenvalue weighted by atomic mass is 79.9. The minimum atomic E-state index is -4.95. The zero-order valence-electron chi connectivity index (χ0n) is 7.99. The molecule has 17 heavy (non-hydrogen) atoms. The summed E-state index contributed by atoms with van der Waals surface area (Å²) >= 11 is 3.10. The Morgan fingerprint density at radius 1 is 1.47 bits per heavy atom. The van der Waals surface area contributed by atoms with Crippen molar-refractivity contribution < 1.29 is 18.0 Å². The third-order valence-corrected chi connectivity index (χ3v) is 2.30. The molecule has 9 heteroatoms. The summed E-state index contributed by atoms with van der Waals surface area (Å²) in [5, 5.41) is 8.87. The Balaban J connectivity index is 2.42. The molecule has 90 valence electrons. The highest BCUT2D eigenvalue weighted by molar-refractivity contribution is 9.10. The first-order valence-electron chi connectivity index (χ1n) is 4.25. The van der Waals surface area contributed by atoms with Crippen LogP contribution in [0.3, 0.4) is 0 Å². The summed E-state index contributed by atoms with van der Waals surface area (Å²) in [6.45, 7) is 0. The number of carbonyl (C=O) groups is 1. The van der Waals surface area contributed by atoms with Crippen molar-refractivity contribution in [3.05, 3.63) is 23.1 Å². The van der Waals surface area contributed by atoms with Crippen molar-refractivity contribution in [2.75, 3.05) is 5.32 Å². The molecule has 0 saturated carbocycles. The predicted octanol–water partition coefficient (Wildman–Crippen LogP) is 1.99. The van der Waals surface area contributed by atoms with Gasteiger partial charge in [0, 0.05) is 10.7 Å². The number of halogens is 4. The Kier molecular flexibility index (Phi) is 2.77. The first kappa shape index (κ1) is 11.8. The molecule has 0 bridgehead atoms. The van der Waals surface area contributed by atoms with Crippen molar-refractivity contribution in [2.24, 2.45) is 0 Å². The Morgan fingerprint density at radius 2 is 2.18 bits per heavy atom. The first-order chi connectivity index (χ1) is 7.88. The SMILES string of the molecule is O=C(Nc1cc(Br)cn2cnnc12)C(F)(F)F. The van der Waals surface area contributed by atoms with Gasteiger partial charge in [-0.05, 0) is 22.0 Å². The zero-order chi connectivity index (χ0) is 12.6. The summed E-state index contributed by atoms with van der Waals surface area (Å²) in [6.07, 6.45) is -2.08. The molecule has 0 saturated heterocycles. The van der Waals surface area contributed by atoms with E-state index in [4.69, 9.17) is 0 Å². The molecule has 2 heterocycles. The summed E-state index contributed by atoms with van der Waals surface area (Å²) in [5.41, 5.74) is 0.0602. The number of aromatic nitrogens is 3. The summed E-state index contributed by atoms with van der Waals surface area (Å²) in [6, 6.07) is 1.31. The van der Waals surface area contributed by atoms with Crippen molar-refractivity contribution in [1.29, 1.82) is 0 Å². The van der Waals surface area contributed by atoms with E-state index < -0.39 is 12.1 Å². The van der Waals surface area contributed by atoms with Gasteiger partial charge in [-0.15, -0.1) is 10.2 Å². The fourth-order valence-corrected chi connectivity index (χ4v) is 1.64. The van der Waals surface area contributed by atoms with Crippen LogP contribution in [-0.4, -0.2) is 26.7 Å². The maximum atomic E-state index is 12.1. The van der Waals surface area contributed by atoms with Crippen molar-refractivity contribution >= 4 is 33.2 Å². The average Bonchev–Trinajstić information content (AvgIpc) is 2.63. The molecule has 0 spiro atoms. The van der Waals surface area contributed by atoms with Crippen molar-refractivity contribution in [3.8, 4) is 0 Å². The lowest BCUT2D eigenvalue weighted by Crippen LogP contribution is -2.30. The number of hydrogen-bond acceptors (Lipinski definition) is 3. The minimum Gasteiger partial charge on any atom is -0.315 e. The minimum absolute atomic E-state index is 0.0702. The predicted molar refractivity (Wildman–Crippen MR) is 55.4 cm³/mol. The van der Waals surface area contributed by atoms with Crippen LogP contribution < -0.4 is 5.32 Å². The Morgan fingerprint density at radius 3 is 2.82 bits per heavy atom. The lowest BCUT2D eigenvalue weighted by atomic mass is 10.4. The van der Waals surface area contributed by atoms with Gasteiger partial charge >= 0.3 is 12.1 Å². The van der Waals surface area contributed by atoms with Crippen LogP contribution in [0.2, 0.25) is 0 Å². The molecule has 0 atom stereocenters. The largest absolute Gasteiger partial charge is 0.471 e. The van der Waals surface area contributed by atoms with Crippen LogP contribution >= 0.6 is 15.9 Å². The number of amides is 1. The average molecular weight is 309 g/mol. The highest BCUT2D eigenvalue weighted by Crippen LogP contribution is 2.23. The molecule has 2 aromatic heterocycles. The Hall–Kier alpha value is -1.64. The first-order valence-corrected chi connectivity index (χ1v) is 5.04. The number of nitrogens with zero attached hydrogens (tertiary/aromatic N) is 3. The van der Waals surface area contributed by atoms with Gasteiger partial charge in [0.25, 0.3) is 0 Å². The van der Waals surface area contributed by atoms with Gasteiger partial charge in [-0.1, -0.05) is 0 Å². The second-order valence-corrected chi connectivity index (χ2v) is 4.00. The smallest absolute Gasteiger partial charge is 0.315 e. The number of pyridine rings is 1. The number of rotatable bonds is 1. The maximum absolute atomic E-state index is 12.1. The van der Waals surface area contributed by atoms with Crippen LogP contribution in [-0.2, 0) is 4.79 Å². The summed E-state index contributed by atoms with van der Waals surface area (Å²) in [5.74, 6) is -2.06. The van der Waals surface area contributed by atoms with Crippen LogP contribution in [0.15, 0.2) is 23.1 Å². The maximum Gasteiger partial charge on any atom is 0.471 e. The number of anilines is 1. The van der Waals surface area contributed by atoms with Gasteiger partial charge in [-0.3, -0.25) is 9.20 Å². The third kappa shape index (κ3) is 2.38. The van der Waals surface area contributed by atoms with E-state index in [1.54, 1.807) is 11.5 Å². The van der Waals surface area contributed by atoms with Crippen LogP contribution in [0.5, 0.6) is 0 Å². The van der Waals surface area contributed by atoms with Gasteiger partial charge in [0.05, 0.1) is 5.69 Å². The lowest BCUT2D eigenvalue weighted by Gasteiger charge is -2.08. The summed E-state index contributed by atoms with van der Waals surface area (Å²) < 4.78 is 38.2. The van der Waals surface area contributed by atoms with E-state index in [1.807, 2.05) is 0 Å². The van der Waals surface area contributed by atoms with Crippen molar-refractivity contribution in [3.63, 3.8) is 0 Å². The van der Waals surface area contributed by atoms with E-state index in [1.165, 1.54) is 16.8 Å². The Labute approximate surface area is 101 Å². The normalized spacial score (nSPS) is 11.8. The second kappa shape index (κ2) is 3.99. The molecular formula is C8H4BrF3N4O. The number of alkyl halides is 3. The van der Waals surface area contributed by atoms with Crippen LogP contribution in [0.1, 0.15) is 0 Å².